The maximum atomic E-state index is 12.4. The van der Waals surface area contributed by atoms with Gasteiger partial charge in [0.15, 0.2) is 0 Å². The van der Waals surface area contributed by atoms with Gasteiger partial charge in [-0.3, -0.25) is 9.69 Å². The van der Waals surface area contributed by atoms with Gasteiger partial charge in [-0.15, -0.1) is 0 Å². The first kappa shape index (κ1) is 22.4. The first-order valence-electron chi connectivity index (χ1n) is 11.4. The normalized spacial score (nSPS) is 18.6. The fourth-order valence-electron chi connectivity index (χ4n) is 4.50. The van der Waals surface area contributed by atoms with Crippen LogP contribution in [0.15, 0.2) is 24.3 Å². The van der Waals surface area contributed by atoms with Gasteiger partial charge in [0.25, 0.3) is 0 Å². The van der Waals surface area contributed by atoms with Crippen molar-refractivity contribution < 1.29 is 14.3 Å². The number of benzene rings is 1. The number of para-hydroxylation sites is 1. The number of rotatable bonds is 9. The smallest absolute Gasteiger partial charge is 0.315 e. The van der Waals surface area contributed by atoms with Crippen molar-refractivity contribution in [1.29, 1.82) is 0 Å². The lowest BCUT2D eigenvalue weighted by molar-refractivity contribution is -0.121. The zero-order valence-electron chi connectivity index (χ0n) is 18.1. The van der Waals surface area contributed by atoms with Crippen LogP contribution in [0, 0.1) is 0 Å². The third-order valence-electron chi connectivity index (χ3n) is 6.15. The summed E-state index contributed by atoms with van der Waals surface area (Å²) in [6.45, 7) is 2.93. The number of ether oxygens (including phenoxy) is 1. The molecule has 1 aliphatic heterocycles. The lowest BCUT2D eigenvalue weighted by Gasteiger charge is -2.29. The molecule has 1 saturated carbocycles. The van der Waals surface area contributed by atoms with Crippen molar-refractivity contribution in [3.63, 3.8) is 0 Å². The Labute approximate surface area is 179 Å². The van der Waals surface area contributed by atoms with Crippen molar-refractivity contribution in [3.8, 4) is 5.75 Å². The van der Waals surface area contributed by atoms with Crippen LogP contribution in [0.5, 0.6) is 5.75 Å². The molecule has 166 valence electrons. The molecule has 3 amide bonds. The van der Waals surface area contributed by atoms with Crippen LogP contribution in [-0.4, -0.2) is 56.2 Å². The number of nitrogens with zero attached hydrogens (tertiary/aromatic N) is 1. The molecule has 3 rings (SSSR count). The van der Waals surface area contributed by atoms with E-state index in [0.717, 1.165) is 37.2 Å². The SMILES string of the molecule is COc1ccccc1C(CNC(=O)CCNC(=O)NC1CCCCC1)N1CCCC1. The van der Waals surface area contributed by atoms with Crippen molar-refractivity contribution in [2.45, 2.75) is 63.5 Å². The first-order chi connectivity index (χ1) is 14.7. The summed E-state index contributed by atoms with van der Waals surface area (Å²) < 4.78 is 5.55. The van der Waals surface area contributed by atoms with Crippen LogP contribution < -0.4 is 20.7 Å². The predicted octanol–water partition coefficient (Wildman–Crippen LogP) is 2.97. The molecule has 0 spiro atoms. The minimum Gasteiger partial charge on any atom is -0.496 e. The van der Waals surface area contributed by atoms with Gasteiger partial charge in [-0.25, -0.2) is 4.79 Å². The van der Waals surface area contributed by atoms with Crippen LogP contribution in [-0.2, 0) is 4.79 Å². The maximum absolute atomic E-state index is 12.4. The molecule has 2 fully saturated rings. The molecule has 1 saturated heterocycles. The van der Waals surface area contributed by atoms with Crippen LogP contribution >= 0.6 is 0 Å². The number of nitrogens with one attached hydrogen (secondary N) is 3. The monoisotopic (exact) mass is 416 g/mol. The van der Waals surface area contributed by atoms with Gasteiger partial charge in [0, 0.05) is 31.1 Å². The van der Waals surface area contributed by atoms with Crippen LogP contribution in [0.2, 0.25) is 0 Å². The number of urea groups is 1. The van der Waals surface area contributed by atoms with Crippen LogP contribution in [0.25, 0.3) is 0 Å². The number of amides is 3. The molecule has 1 atom stereocenters. The van der Waals surface area contributed by atoms with E-state index in [-0.39, 0.29) is 30.4 Å². The van der Waals surface area contributed by atoms with E-state index in [0.29, 0.717) is 13.1 Å². The molecule has 1 heterocycles. The Balaban J connectivity index is 1.44. The fourth-order valence-corrected chi connectivity index (χ4v) is 4.50. The van der Waals surface area contributed by atoms with Gasteiger partial charge >= 0.3 is 6.03 Å². The zero-order valence-corrected chi connectivity index (χ0v) is 18.1. The second-order valence-electron chi connectivity index (χ2n) is 8.29. The molecule has 1 aromatic rings. The Morgan fingerprint density at radius 3 is 2.53 bits per heavy atom. The van der Waals surface area contributed by atoms with Crippen molar-refractivity contribution in [2.24, 2.45) is 0 Å². The van der Waals surface area contributed by atoms with E-state index in [2.05, 4.69) is 26.9 Å². The van der Waals surface area contributed by atoms with Crippen molar-refractivity contribution >= 4 is 11.9 Å². The molecule has 1 unspecified atom stereocenters. The molecular formula is C23H36N4O3. The maximum Gasteiger partial charge on any atom is 0.315 e. The lowest BCUT2D eigenvalue weighted by atomic mass is 9.96. The number of hydrogen-bond acceptors (Lipinski definition) is 4. The molecular weight excluding hydrogens is 380 g/mol. The highest BCUT2D eigenvalue weighted by Crippen LogP contribution is 2.31. The molecule has 0 aromatic heterocycles. The molecule has 1 aliphatic carbocycles. The van der Waals surface area contributed by atoms with Gasteiger partial charge in [0.2, 0.25) is 5.91 Å². The van der Waals surface area contributed by atoms with Gasteiger partial charge in [0.1, 0.15) is 5.75 Å². The van der Waals surface area contributed by atoms with E-state index in [4.69, 9.17) is 4.74 Å². The van der Waals surface area contributed by atoms with Gasteiger partial charge < -0.3 is 20.7 Å². The lowest BCUT2D eigenvalue weighted by Crippen LogP contribution is -2.44. The predicted molar refractivity (Wildman–Crippen MR) is 118 cm³/mol. The Kier molecular flexibility index (Phi) is 8.81. The number of carbonyl (C=O) groups is 2. The fraction of sp³-hybridized carbons (Fsp3) is 0.652. The van der Waals surface area contributed by atoms with Gasteiger partial charge in [-0.05, 0) is 44.8 Å². The summed E-state index contributed by atoms with van der Waals surface area (Å²) in [5.74, 6) is 0.803. The third kappa shape index (κ3) is 6.62. The van der Waals surface area contributed by atoms with Gasteiger partial charge in [-0.2, -0.15) is 0 Å². The highest BCUT2D eigenvalue weighted by atomic mass is 16.5. The van der Waals surface area contributed by atoms with Gasteiger partial charge in [-0.1, -0.05) is 37.5 Å². The van der Waals surface area contributed by atoms with Crippen LogP contribution in [0.4, 0.5) is 4.79 Å². The van der Waals surface area contributed by atoms with Crippen LogP contribution in [0.3, 0.4) is 0 Å². The summed E-state index contributed by atoms with van der Waals surface area (Å²) in [4.78, 5) is 26.8. The summed E-state index contributed by atoms with van der Waals surface area (Å²) in [5.41, 5.74) is 1.10. The minimum absolute atomic E-state index is 0.0490. The summed E-state index contributed by atoms with van der Waals surface area (Å²) in [6, 6.07) is 8.22. The Hall–Kier alpha value is -2.28. The molecule has 0 radical (unpaired) electrons. The molecule has 1 aromatic carbocycles. The van der Waals surface area contributed by atoms with Crippen LogP contribution in [0.1, 0.15) is 63.0 Å². The Morgan fingerprint density at radius 2 is 1.80 bits per heavy atom. The van der Waals surface area contributed by atoms with E-state index in [9.17, 15) is 9.59 Å². The Bertz CT molecular complexity index is 685. The molecule has 3 N–H and O–H groups in total. The molecule has 30 heavy (non-hydrogen) atoms. The quantitative estimate of drug-likeness (QED) is 0.578. The third-order valence-corrected chi connectivity index (χ3v) is 6.15. The highest BCUT2D eigenvalue weighted by molar-refractivity contribution is 5.78. The van der Waals surface area contributed by atoms with Crippen molar-refractivity contribution in [2.75, 3.05) is 33.3 Å². The van der Waals surface area contributed by atoms with E-state index < -0.39 is 0 Å². The summed E-state index contributed by atoms with van der Waals surface area (Å²) >= 11 is 0. The average molecular weight is 417 g/mol. The molecule has 0 bridgehead atoms. The van der Waals surface area contributed by atoms with E-state index in [1.807, 2.05) is 18.2 Å². The standard InChI is InChI=1S/C23H36N4O3/c1-30-21-12-6-5-11-19(21)20(27-15-7-8-16-27)17-25-22(28)13-14-24-23(29)26-18-9-3-2-4-10-18/h5-6,11-12,18,20H,2-4,7-10,13-17H2,1H3,(H,25,28)(H2,24,26,29). The molecule has 7 heteroatoms. The largest absolute Gasteiger partial charge is 0.496 e. The molecule has 2 aliphatic rings. The second-order valence-corrected chi connectivity index (χ2v) is 8.29. The minimum atomic E-state index is -0.168. The highest BCUT2D eigenvalue weighted by Gasteiger charge is 2.26. The zero-order chi connectivity index (χ0) is 21.2. The number of hydrogen-bond donors (Lipinski definition) is 3. The first-order valence-corrected chi connectivity index (χ1v) is 11.4. The topological polar surface area (TPSA) is 82.7 Å². The summed E-state index contributed by atoms with van der Waals surface area (Å²) in [6.07, 6.45) is 8.35. The van der Waals surface area contributed by atoms with Crippen molar-refractivity contribution in [3.05, 3.63) is 29.8 Å². The average Bonchev–Trinajstić information content (AvgIpc) is 3.29. The van der Waals surface area contributed by atoms with E-state index in [1.165, 1.54) is 32.1 Å². The van der Waals surface area contributed by atoms with Gasteiger partial charge in [0.05, 0.1) is 13.2 Å². The molecule has 7 nitrogen and oxygen atoms in total. The van der Waals surface area contributed by atoms with Crippen molar-refractivity contribution in [1.82, 2.24) is 20.9 Å². The number of likely N-dealkylation sites (tertiary alicyclic amines) is 1. The van der Waals surface area contributed by atoms with E-state index in [1.54, 1.807) is 7.11 Å². The van der Waals surface area contributed by atoms with E-state index >= 15 is 0 Å². The summed E-state index contributed by atoms with van der Waals surface area (Å²) in [7, 11) is 1.68. The number of methoxy groups -OCH3 is 1. The number of carbonyl (C=O) groups excluding carboxylic acids is 2. The Morgan fingerprint density at radius 1 is 1.07 bits per heavy atom. The second kappa shape index (κ2) is 11.8. The summed E-state index contributed by atoms with van der Waals surface area (Å²) in [5, 5.41) is 8.88.